The molecule has 0 bridgehead atoms. The second kappa shape index (κ2) is 7.60. The maximum absolute atomic E-state index is 11.7. The largest absolute Gasteiger partial charge is 0.469 e. The molecule has 3 heteroatoms. The summed E-state index contributed by atoms with van der Waals surface area (Å²) in [5.74, 6) is 0.525. The highest BCUT2D eigenvalue weighted by atomic mass is 16.5. The summed E-state index contributed by atoms with van der Waals surface area (Å²) in [5, 5.41) is 3.62. The van der Waals surface area contributed by atoms with Gasteiger partial charge in [-0.2, -0.15) is 0 Å². The number of esters is 1. The van der Waals surface area contributed by atoms with Crippen LogP contribution in [0.2, 0.25) is 0 Å². The zero-order valence-electron chi connectivity index (χ0n) is 13.2. The SMILES string of the molecule is CCCNC1(CC(=O)OC)CCC(c2ccccc2)CC1. The Kier molecular flexibility index (Phi) is 5.80. The van der Waals surface area contributed by atoms with Gasteiger partial charge in [-0.15, -0.1) is 0 Å². The molecule has 0 unspecified atom stereocenters. The molecule has 0 saturated heterocycles. The lowest BCUT2D eigenvalue weighted by Crippen LogP contribution is -2.49. The summed E-state index contributed by atoms with van der Waals surface area (Å²) in [6.07, 6.45) is 5.94. The molecule has 0 aliphatic heterocycles. The quantitative estimate of drug-likeness (QED) is 0.812. The van der Waals surface area contributed by atoms with Gasteiger partial charge in [-0.1, -0.05) is 37.3 Å². The normalized spacial score (nSPS) is 25.5. The van der Waals surface area contributed by atoms with E-state index in [-0.39, 0.29) is 11.5 Å². The number of benzene rings is 1. The molecule has 0 aromatic heterocycles. The Balaban J connectivity index is 2.00. The highest BCUT2D eigenvalue weighted by Crippen LogP contribution is 2.39. The van der Waals surface area contributed by atoms with E-state index in [0.717, 1.165) is 38.6 Å². The van der Waals surface area contributed by atoms with E-state index < -0.39 is 0 Å². The Morgan fingerprint density at radius 2 is 1.95 bits per heavy atom. The maximum atomic E-state index is 11.7. The van der Waals surface area contributed by atoms with E-state index in [0.29, 0.717) is 12.3 Å². The highest BCUT2D eigenvalue weighted by Gasteiger charge is 2.37. The summed E-state index contributed by atoms with van der Waals surface area (Å²) in [5.41, 5.74) is 1.37. The topological polar surface area (TPSA) is 38.3 Å². The third-order valence-electron chi connectivity index (χ3n) is 4.67. The van der Waals surface area contributed by atoms with Crippen LogP contribution in [-0.2, 0) is 9.53 Å². The molecule has 1 aliphatic carbocycles. The Morgan fingerprint density at radius 1 is 1.29 bits per heavy atom. The number of hydrogen-bond donors (Lipinski definition) is 1. The molecule has 0 spiro atoms. The van der Waals surface area contributed by atoms with Gasteiger partial charge in [-0.25, -0.2) is 0 Å². The monoisotopic (exact) mass is 289 g/mol. The Labute approximate surface area is 128 Å². The van der Waals surface area contributed by atoms with Crippen molar-refractivity contribution < 1.29 is 9.53 Å². The minimum absolute atomic E-state index is 0.0611. The van der Waals surface area contributed by atoms with Crippen molar-refractivity contribution >= 4 is 5.97 Å². The first-order chi connectivity index (χ1) is 10.2. The predicted octanol–water partition coefficient (Wildman–Crippen LogP) is 3.65. The molecule has 1 saturated carbocycles. The van der Waals surface area contributed by atoms with E-state index in [4.69, 9.17) is 4.74 Å². The lowest BCUT2D eigenvalue weighted by Gasteiger charge is -2.40. The van der Waals surface area contributed by atoms with Crippen molar-refractivity contribution in [2.24, 2.45) is 0 Å². The fraction of sp³-hybridized carbons (Fsp3) is 0.611. The van der Waals surface area contributed by atoms with Crippen molar-refractivity contribution in [1.82, 2.24) is 5.32 Å². The summed E-state index contributed by atoms with van der Waals surface area (Å²) in [6, 6.07) is 10.7. The van der Waals surface area contributed by atoms with E-state index in [2.05, 4.69) is 42.6 Å². The van der Waals surface area contributed by atoms with Crippen LogP contribution in [0.15, 0.2) is 30.3 Å². The number of rotatable bonds is 6. The van der Waals surface area contributed by atoms with Gasteiger partial charge in [0.25, 0.3) is 0 Å². The predicted molar refractivity (Wildman–Crippen MR) is 85.3 cm³/mol. The van der Waals surface area contributed by atoms with Gasteiger partial charge in [0, 0.05) is 5.54 Å². The summed E-state index contributed by atoms with van der Waals surface area (Å²) >= 11 is 0. The Morgan fingerprint density at radius 3 is 2.52 bits per heavy atom. The van der Waals surface area contributed by atoms with Crippen LogP contribution >= 0.6 is 0 Å². The van der Waals surface area contributed by atoms with Crippen LogP contribution in [0.3, 0.4) is 0 Å². The van der Waals surface area contributed by atoms with Gasteiger partial charge in [-0.3, -0.25) is 4.79 Å². The fourth-order valence-electron chi connectivity index (χ4n) is 3.38. The van der Waals surface area contributed by atoms with E-state index in [9.17, 15) is 4.79 Å². The van der Waals surface area contributed by atoms with E-state index in [1.54, 1.807) is 0 Å². The van der Waals surface area contributed by atoms with Crippen LogP contribution in [-0.4, -0.2) is 25.2 Å². The second-order valence-corrected chi connectivity index (χ2v) is 6.14. The molecule has 0 radical (unpaired) electrons. The van der Waals surface area contributed by atoms with Crippen LogP contribution in [0.4, 0.5) is 0 Å². The molecule has 0 amide bonds. The Hall–Kier alpha value is -1.35. The van der Waals surface area contributed by atoms with E-state index >= 15 is 0 Å². The second-order valence-electron chi connectivity index (χ2n) is 6.14. The number of carbonyl (C=O) groups is 1. The first-order valence-corrected chi connectivity index (χ1v) is 8.06. The van der Waals surface area contributed by atoms with E-state index in [1.807, 2.05) is 0 Å². The van der Waals surface area contributed by atoms with Gasteiger partial charge in [0.15, 0.2) is 0 Å². The van der Waals surface area contributed by atoms with E-state index in [1.165, 1.54) is 12.7 Å². The zero-order valence-corrected chi connectivity index (χ0v) is 13.2. The average molecular weight is 289 g/mol. The number of carbonyl (C=O) groups excluding carboxylic acids is 1. The number of hydrogen-bond acceptors (Lipinski definition) is 3. The van der Waals surface area contributed by atoms with Crippen molar-refractivity contribution in [3.63, 3.8) is 0 Å². The summed E-state index contributed by atoms with van der Waals surface area (Å²) in [7, 11) is 1.48. The van der Waals surface area contributed by atoms with Gasteiger partial charge >= 0.3 is 5.97 Å². The lowest BCUT2D eigenvalue weighted by molar-refractivity contribution is -0.142. The summed E-state index contributed by atoms with van der Waals surface area (Å²) < 4.78 is 4.89. The molecule has 1 aliphatic rings. The molecule has 2 rings (SSSR count). The molecular weight excluding hydrogens is 262 g/mol. The lowest BCUT2D eigenvalue weighted by atomic mass is 9.72. The molecule has 1 fully saturated rings. The number of nitrogens with one attached hydrogen (secondary N) is 1. The molecule has 3 nitrogen and oxygen atoms in total. The van der Waals surface area contributed by atoms with Crippen LogP contribution in [0.25, 0.3) is 0 Å². The summed E-state index contributed by atoms with van der Waals surface area (Å²) in [4.78, 5) is 11.7. The minimum atomic E-state index is -0.100. The molecule has 1 N–H and O–H groups in total. The van der Waals surface area contributed by atoms with Crippen LogP contribution < -0.4 is 5.32 Å². The van der Waals surface area contributed by atoms with Crippen molar-refractivity contribution in [3.8, 4) is 0 Å². The van der Waals surface area contributed by atoms with Gasteiger partial charge in [0.05, 0.1) is 13.5 Å². The molecule has 116 valence electrons. The summed E-state index contributed by atoms with van der Waals surface area (Å²) in [6.45, 7) is 3.13. The van der Waals surface area contributed by atoms with Crippen LogP contribution in [0, 0.1) is 0 Å². The van der Waals surface area contributed by atoms with Crippen LogP contribution in [0.5, 0.6) is 0 Å². The van der Waals surface area contributed by atoms with Crippen molar-refractivity contribution in [2.75, 3.05) is 13.7 Å². The maximum Gasteiger partial charge on any atom is 0.307 e. The Bertz CT molecular complexity index is 436. The first-order valence-electron chi connectivity index (χ1n) is 8.06. The van der Waals surface area contributed by atoms with Crippen molar-refractivity contribution in [2.45, 2.75) is 56.9 Å². The fourth-order valence-corrected chi connectivity index (χ4v) is 3.38. The molecule has 21 heavy (non-hydrogen) atoms. The molecular formula is C18H27NO2. The van der Waals surface area contributed by atoms with Crippen LogP contribution in [0.1, 0.15) is 56.9 Å². The smallest absolute Gasteiger partial charge is 0.307 e. The van der Waals surface area contributed by atoms with Crippen molar-refractivity contribution in [1.29, 1.82) is 0 Å². The standard InChI is InChI=1S/C18H27NO2/c1-3-13-19-18(14-17(20)21-2)11-9-16(10-12-18)15-7-5-4-6-8-15/h4-8,16,19H,3,9-14H2,1-2H3. The minimum Gasteiger partial charge on any atom is -0.469 e. The third-order valence-corrected chi connectivity index (χ3v) is 4.67. The highest BCUT2D eigenvalue weighted by molar-refractivity contribution is 5.70. The van der Waals surface area contributed by atoms with Gasteiger partial charge in [-0.05, 0) is 50.1 Å². The molecule has 0 heterocycles. The average Bonchev–Trinajstić information content (AvgIpc) is 2.54. The molecule has 1 aromatic rings. The van der Waals surface area contributed by atoms with Gasteiger partial charge < -0.3 is 10.1 Å². The van der Waals surface area contributed by atoms with Crippen molar-refractivity contribution in [3.05, 3.63) is 35.9 Å². The third kappa shape index (κ3) is 4.31. The number of methoxy groups -OCH3 is 1. The number of ether oxygens (including phenoxy) is 1. The molecule has 0 atom stereocenters. The zero-order chi connectivity index (χ0) is 15.1. The van der Waals surface area contributed by atoms with Gasteiger partial charge in [0.1, 0.15) is 0 Å². The first kappa shape index (κ1) is 16.0. The molecule has 1 aromatic carbocycles. The van der Waals surface area contributed by atoms with Gasteiger partial charge in [0.2, 0.25) is 0 Å².